The summed E-state index contributed by atoms with van der Waals surface area (Å²) in [6.07, 6.45) is 0. The van der Waals surface area contributed by atoms with Gasteiger partial charge in [-0.25, -0.2) is 0 Å². The Morgan fingerprint density at radius 2 is 2.08 bits per heavy atom. The van der Waals surface area contributed by atoms with Crippen molar-refractivity contribution in [3.63, 3.8) is 0 Å². The predicted octanol–water partition coefficient (Wildman–Crippen LogP) is -0.608. The molecule has 0 amide bonds. The zero-order valence-corrected chi connectivity index (χ0v) is 7.52. The highest BCUT2D eigenvalue weighted by molar-refractivity contribution is 5.53. The van der Waals surface area contributed by atoms with Crippen LogP contribution in [0.5, 0.6) is 0 Å². The number of benzene rings is 1. The molecule has 0 fully saturated rings. The maximum atomic E-state index is 10.3. The maximum Gasteiger partial charge on any atom is 0.392 e. The molecule has 68 valence electrons. The zero-order valence-electron chi connectivity index (χ0n) is 6.77. The van der Waals surface area contributed by atoms with Gasteiger partial charge in [-0.05, 0) is 12.5 Å². The summed E-state index contributed by atoms with van der Waals surface area (Å²) in [5, 5.41) is 18.7. The maximum absolute atomic E-state index is 10.3. The molecule has 0 atom stereocenters. The van der Waals surface area contributed by atoms with Crippen molar-refractivity contribution in [2.45, 2.75) is 6.92 Å². The summed E-state index contributed by atoms with van der Waals surface area (Å²) in [4.78, 5) is 12.6. The molecule has 0 aliphatic rings. The van der Waals surface area contributed by atoms with E-state index in [0.29, 0.717) is 5.56 Å². The summed E-state index contributed by atoms with van der Waals surface area (Å²) in [5.41, 5.74) is 0.821. The Labute approximate surface area is 80.6 Å². The Hall–Kier alpha value is -1.67. The van der Waals surface area contributed by atoms with Crippen LogP contribution in [0.1, 0.15) is 5.56 Å². The molecule has 6 heteroatoms. The highest BCUT2D eigenvalue weighted by Gasteiger charge is 2.14. The van der Waals surface area contributed by atoms with Crippen molar-refractivity contribution in [2.75, 3.05) is 0 Å². The molecule has 0 spiro atoms. The van der Waals surface area contributed by atoms with Gasteiger partial charge in [-0.1, -0.05) is 0 Å². The van der Waals surface area contributed by atoms with Crippen LogP contribution in [-0.4, -0.2) is 4.92 Å². The molecule has 0 aromatic heterocycles. The third kappa shape index (κ3) is 2.69. The second kappa shape index (κ2) is 4.38. The number of rotatable bonds is 1. The Morgan fingerprint density at radius 3 is 2.54 bits per heavy atom. The minimum absolute atomic E-state index is 0. The zero-order chi connectivity index (χ0) is 9.14. The highest BCUT2D eigenvalue weighted by atomic mass is 35.5. The van der Waals surface area contributed by atoms with Crippen LogP contribution in [0.2, 0.25) is 0 Å². The van der Waals surface area contributed by atoms with Gasteiger partial charge in [0.1, 0.15) is 6.07 Å². The minimum Gasteiger partial charge on any atom is -1.00 e. The SMILES string of the molecule is Cc1cc([N+]#N)cc([N+](=O)[O-])c1.[Cl-]. The normalized spacial score (nSPS) is 8.31. The lowest BCUT2D eigenvalue weighted by molar-refractivity contribution is -0.384. The second-order valence-electron chi connectivity index (χ2n) is 2.38. The van der Waals surface area contributed by atoms with Gasteiger partial charge < -0.3 is 12.4 Å². The standard InChI is InChI=1S/C7H6N3O2.ClH/c1-5-2-6(9-8)4-7(3-5)10(11)12;/h2-4H,1H3;1H/q+1;/p-1. The van der Waals surface area contributed by atoms with Gasteiger partial charge in [-0.2, -0.15) is 0 Å². The fourth-order valence-electron chi connectivity index (χ4n) is 0.906. The minimum atomic E-state index is -0.526. The van der Waals surface area contributed by atoms with Gasteiger partial charge in [0.25, 0.3) is 5.69 Å². The van der Waals surface area contributed by atoms with Crippen molar-refractivity contribution in [3.8, 4) is 0 Å². The molecule has 0 saturated heterocycles. The van der Waals surface area contributed by atoms with E-state index in [4.69, 9.17) is 5.39 Å². The van der Waals surface area contributed by atoms with E-state index in [1.54, 1.807) is 13.0 Å². The summed E-state index contributed by atoms with van der Waals surface area (Å²) >= 11 is 0. The number of nitrogens with zero attached hydrogens (tertiary/aromatic N) is 3. The van der Waals surface area contributed by atoms with Crippen molar-refractivity contribution < 1.29 is 17.3 Å². The van der Waals surface area contributed by atoms with E-state index in [-0.39, 0.29) is 23.8 Å². The van der Waals surface area contributed by atoms with E-state index >= 15 is 0 Å². The molecule has 0 saturated carbocycles. The molecule has 13 heavy (non-hydrogen) atoms. The number of aryl methyl sites for hydroxylation is 1. The van der Waals surface area contributed by atoms with E-state index in [2.05, 4.69) is 4.98 Å². The average molecular weight is 200 g/mol. The fourth-order valence-corrected chi connectivity index (χ4v) is 0.906. The lowest BCUT2D eigenvalue weighted by Crippen LogP contribution is -3.00. The molecule has 0 aliphatic heterocycles. The van der Waals surface area contributed by atoms with Gasteiger partial charge in [0.05, 0.1) is 4.92 Å². The van der Waals surface area contributed by atoms with Crippen LogP contribution in [0.15, 0.2) is 18.2 Å². The lowest BCUT2D eigenvalue weighted by Gasteiger charge is -1.89. The summed E-state index contributed by atoms with van der Waals surface area (Å²) in [7, 11) is 0. The van der Waals surface area contributed by atoms with Gasteiger partial charge in [0.15, 0.2) is 4.98 Å². The Bertz CT molecular complexity index is 372. The summed E-state index contributed by atoms with van der Waals surface area (Å²) < 4.78 is 0. The Balaban J connectivity index is 0.00000144. The van der Waals surface area contributed by atoms with Crippen molar-refractivity contribution in [1.29, 1.82) is 5.39 Å². The number of hydrogen-bond acceptors (Lipinski definition) is 3. The number of nitro groups is 1. The molecule has 1 aromatic carbocycles. The first kappa shape index (κ1) is 11.3. The number of diazo groups is 1. The van der Waals surface area contributed by atoms with Crippen molar-refractivity contribution >= 4 is 11.4 Å². The highest BCUT2D eigenvalue weighted by Crippen LogP contribution is 2.22. The smallest absolute Gasteiger partial charge is 0.392 e. The molecule has 1 aromatic rings. The molecule has 0 unspecified atom stereocenters. The predicted molar refractivity (Wildman–Crippen MR) is 42.6 cm³/mol. The van der Waals surface area contributed by atoms with Crippen LogP contribution >= 0.6 is 0 Å². The second-order valence-corrected chi connectivity index (χ2v) is 2.38. The van der Waals surface area contributed by atoms with Gasteiger partial charge in [-0.15, -0.1) is 0 Å². The van der Waals surface area contributed by atoms with Gasteiger partial charge in [0, 0.05) is 12.1 Å². The first-order chi connectivity index (χ1) is 5.63. The monoisotopic (exact) mass is 199 g/mol. The molecular weight excluding hydrogens is 194 g/mol. The first-order valence-electron chi connectivity index (χ1n) is 3.24. The molecule has 0 N–H and O–H groups in total. The molecule has 0 aliphatic carbocycles. The first-order valence-corrected chi connectivity index (χ1v) is 3.24. The number of non-ortho nitro benzene ring substituents is 1. The molecule has 0 heterocycles. The Morgan fingerprint density at radius 1 is 1.46 bits per heavy atom. The summed E-state index contributed by atoms with van der Waals surface area (Å²) in [6.45, 7) is 1.70. The van der Waals surface area contributed by atoms with Crippen molar-refractivity contribution in [3.05, 3.63) is 38.9 Å². The number of nitro benzene ring substituents is 1. The quantitative estimate of drug-likeness (QED) is 0.344. The largest absolute Gasteiger partial charge is 1.00 e. The van der Waals surface area contributed by atoms with E-state index in [0.717, 1.165) is 0 Å². The molecule has 0 radical (unpaired) electrons. The van der Waals surface area contributed by atoms with Crippen LogP contribution in [0.3, 0.4) is 0 Å². The average Bonchev–Trinajstić information content (AvgIpc) is 2.03. The Kier molecular flexibility index (Phi) is 3.82. The molecule has 1 rings (SSSR count). The van der Waals surface area contributed by atoms with E-state index in [9.17, 15) is 10.1 Å². The summed E-state index contributed by atoms with van der Waals surface area (Å²) in [6, 6.07) is 4.16. The van der Waals surface area contributed by atoms with Crippen LogP contribution in [0, 0.1) is 22.4 Å². The van der Waals surface area contributed by atoms with Crippen molar-refractivity contribution in [2.24, 2.45) is 0 Å². The third-order valence-electron chi connectivity index (χ3n) is 1.37. The van der Waals surface area contributed by atoms with Gasteiger partial charge >= 0.3 is 5.69 Å². The van der Waals surface area contributed by atoms with E-state index in [1.165, 1.54) is 12.1 Å². The van der Waals surface area contributed by atoms with Crippen LogP contribution < -0.4 is 12.4 Å². The number of halogens is 1. The van der Waals surface area contributed by atoms with E-state index < -0.39 is 4.92 Å². The van der Waals surface area contributed by atoms with Crippen LogP contribution in [0.25, 0.3) is 4.98 Å². The molecule has 5 nitrogen and oxygen atoms in total. The fraction of sp³-hybridized carbons (Fsp3) is 0.143. The van der Waals surface area contributed by atoms with Crippen LogP contribution in [0.4, 0.5) is 11.4 Å². The molecular formula is C7H6ClN3O2. The van der Waals surface area contributed by atoms with Gasteiger partial charge in [0.2, 0.25) is 5.39 Å². The topological polar surface area (TPSA) is 71.3 Å². The number of hydrogen-bond donors (Lipinski definition) is 0. The van der Waals surface area contributed by atoms with Crippen molar-refractivity contribution in [1.82, 2.24) is 0 Å². The lowest BCUT2D eigenvalue weighted by atomic mass is 10.2. The summed E-state index contributed by atoms with van der Waals surface area (Å²) in [5.74, 6) is 0. The van der Waals surface area contributed by atoms with Crippen LogP contribution in [-0.2, 0) is 0 Å². The van der Waals surface area contributed by atoms with E-state index in [1.807, 2.05) is 0 Å². The third-order valence-corrected chi connectivity index (χ3v) is 1.37. The van der Waals surface area contributed by atoms with Gasteiger partial charge in [-0.3, -0.25) is 10.1 Å². The molecule has 0 bridgehead atoms.